The number of nitrogens with two attached hydrogens (primary N) is 2. The molecule has 0 atom stereocenters. The number of carboxylic acids is 2. The fourth-order valence-corrected chi connectivity index (χ4v) is 2.77. The maximum absolute atomic E-state index is 11.7. The van der Waals surface area contributed by atoms with Crippen molar-refractivity contribution in [2.45, 2.75) is 18.7 Å². The first kappa shape index (κ1) is 23.5. The van der Waals surface area contributed by atoms with Crippen LogP contribution < -0.4 is 15.6 Å². The second-order valence-corrected chi connectivity index (χ2v) is 7.24. The Morgan fingerprint density at radius 1 is 1.00 bits per heavy atom. The Bertz CT molecular complexity index is 1050. The van der Waals surface area contributed by atoms with Gasteiger partial charge in [-0.3, -0.25) is 0 Å². The molecule has 0 saturated heterocycles. The van der Waals surface area contributed by atoms with Gasteiger partial charge in [-0.2, -0.15) is 5.11 Å². The molecule has 0 radical (unpaired) electrons. The highest BCUT2D eigenvalue weighted by Crippen LogP contribution is 2.33. The van der Waals surface area contributed by atoms with Gasteiger partial charge in [-0.25, -0.2) is 23.1 Å². The maximum Gasteiger partial charge on any atom is 0.414 e. The van der Waals surface area contributed by atoms with Crippen LogP contribution in [0.5, 0.6) is 5.75 Å². The minimum absolute atomic E-state index is 0.0682. The number of carbonyl (C=O) groups is 2. The van der Waals surface area contributed by atoms with Crippen LogP contribution in [0, 0.1) is 13.8 Å². The third-order valence-corrected chi connectivity index (χ3v) is 4.36. The second kappa shape index (κ2) is 9.61. The molecule has 0 aromatic heterocycles. The van der Waals surface area contributed by atoms with Crippen LogP contribution in [-0.4, -0.2) is 37.7 Å². The summed E-state index contributed by atoms with van der Waals surface area (Å²) in [6.45, 7) is 3.59. The Balaban J connectivity index is 0.000000612. The number of sulfonamides is 1. The van der Waals surface area contributed by atoms with Crippen LogP contribution in [0.25, 0.3) is 0 Å². The molecule has 0 saturated carbocycles. The molecule has 6 N–H and O–H groups in total. The van der Waals surface area contributed by atoms with Crippen LogP contribution in [-0.2, 0) is 19.6 Å². The molecule has 0 aliphatic heterocycles. The van der Waals surface area contributed by atoms with E-state index in [0.717, 1.165) is 11.1 Å². The summed E-state index contributed by atoms with van der Waals surface area (Å²) in [5.41, 5.74) is 8.55. The molecule has 2 aromatic rings. The van der Waals surface area contributed by atoms with E-state index in [0.29, 0.717) is 17.1 Å². The summed E-state index contributed by atoms with van der Waals surface area (Å²) in [4.78, 5) is 18.1. The third kappa shape index (κ3) is 6.86. The van der Waals surface area contributed by atoms with E-state index in [2.05, 4.69) is 10.2 Å². The van der Waals surface area contributed by atoms with Crippen molar-refractivity contribution < 1.29 is 33.0 Å². The highest BCUT2D eigenvalue weighted by molar-refractivity contribution is 7.89. The fraction of sp³-hybridized carbons (Fsp3) is 0.176. The van der Waals surface area contributed by atoms with E-state index in [9.17, 15) is 8.42 Å². The number of primary sulfonamides is 1. The van der Waals surface area contributed by atoms with Crippen LogP contribution in [0.15, 0.2) is 45.5 Å². The van der Waals surface area contributed by atoms with Gasteiger partial charge in [0, 0.05) is 6.07 Å². The zero-order valence-electron chi connectivity index (χ0n) is 15.8. The van der Waals surface area contributed by atoms with E-state index in [4.69, 9.17) is 35.4 Å². The number of aliphatic carboxylic acids is 2. The van der Waals surface area contributed by atoms with Gasteiger partial charge in [0.2, 0.25) is 10.0 Å². The van der Waals surface area contributed by atoms with E-state index in [1.54, 1.807) is 31.2 Å². The molecule has 0 fully saturated rings. The number of ether oxygens (including phenoxy) is 1. The molecule has 156 valence electrons. The molecule has 12 heteroatoms. The van der Waals surface area contributed by atoms with Gasteiger partial charge in [-0.1, -0.05) is 6.07 Å². The number of anilines is 1. The lowest BCUT2D eigenvalue weighted by atomic mass is 10.1. The van der Waals surface area contributed by atoms with Crippen molar-refractivity contribution in [2.24, 2.45) is 15.4 Å². The van der Waals surface area contributed by atoms with E-state index in [1.165, 1.54) is 13.2 Å². The predicted octanol–water partition coefficient (Wildman–Crippen LogP) is 2.11. The average molecular weight is 424 g/mol. The molecular formula is C17H20N4O7S. The topological polar surface area (TPSA) is 195 Å². The normalized spacial score (nSPS) is 10.9. The Labute approximate surface area is 166 Å². The number of carboxylic acid groups (broad SMARTS) is 2. The van der Waals surface area contributed by atoms with E-state index < -0.39 is 22.0 Å². The number of nitrogen functional groups attached to an aromatic ring is 1. The van der Waals surface area contributed by atoms with Gasteiger partial charge in [0.1, 0.15) is 16.3 Å². The molecule has 29 heavy (non-hydrogen) atoms. The van der Waals surface area contributed by atoms with Crippen molar-refractivity contribution in [1.29, 1.82) is 0 Å². The molecule has 0 unspecified atom stereocenters. The third-order valence-electron chi connectivity index (χ3n) is 3.42. The zero-order valence-corrected chi connectivity index (χ0v) is 16.6. The van der Waals surface area contributed by atoms with Gasteiger partial charge in [0.15, 0.2) is 0 Å². The summed E-state index contributed by atoms with van der Waals surface area (Å²) in [6, 6.07) is 8.10. The summed E-state index contributed by atoms with van der Waals surface area (Å²) in [5, 5.41) is 28.1. The Morgan fingerprint density at radius 2 is 1.55 bits per heavy atom. The lowest BCUT2D eigenvalue weighted by Gasteiger charge is -2.08. The number of nitrogens with zero attached hydrogens (tertiary/aromatic N) is 2. The molecule has 0 aliphatic carbocycles. The lowest BCUT2D eigenvalue weighted by molar-refractivity contribution is -0.159. The van der Waals surface area contributed by atoms with Crippen LogP contribution in [0.2, 0.25) is 0 Å². The van der Waals surface area contributed by atoms with Gasteiger partial charge in [-0.15, -0.1) is 5.11 Å². The predicted molar refractivity (Wildman–Crippen MR) is 104 cm³/mol. The fourth-order valence-electron chi connectivity index (χ4n) is 2.02. The molecule has 0 spiro atoms. The molecular weight excluding hydrogens is 404 g/mol. The summed E-state index contributed by atoms with van der Waals surface area (Å²) in [5.74, 6) is -3.18. The molecule has 2 rings (SSSR count). The first-order valence-electron chi connectivity index (χ1n) is 7.82. The Kier molecular flexibility index (Phi) is 7.80. The minimum atomic E-state index is -3.89. The van der Waals surface area contributed by atoms with Crippen molar-refractivity contribution in [3.8, 4) is 5.75 Å². The standard InChI is InChI=1S/C15H18N4O3S.C2H2O4/c1-9-4-5-12(15(6-9)23(17,20)21)18-19-13-8-14(22-3)11(16)7-10(13)2;3-1(4)2(5)6/h4-8H,16H2,1-3H3,(H2,17,20,21);(H,3,4)(H,5,6). The van der Waals surface area contributed by atoms with Crippen molar-refractivity contribution >= 4 is 39.0 Å². The van der Waals surface area contributed by atoms with E-state index in [1.807, 2.05) is 6.92 Å². The number of methoxy groups -OCH3 is 1. The molecule has 0 amide bonds. The highest BCUT2D eigenvalue weighted by atomic mass is 32.2. The quantitative estimate of drug-likeness (QED) is 0.325. The zero-order chi connectivity index (χ0) is 22.4. The van der Waals surface area contributed by atoms with Gasteiger partial charge < -0.3 is 20.7 Å². The summed E-state index contributed by atoms with van der Waals surface area (Å²) in [7, 11) is -2.39. The van der Waals surface area contributed by atoms with Gasteiger partial charge in [-0.05, 0) is 43.2 Å². The molecule has 2 aromatic carbocycles. The molecule has 11 nitrogen and oxygen atoms in total. The second-order valence-electron chi connectivity index (χ2n) is 5.71. The van der Waals surface area contributed by atoms with E-state index in [-0.39, 0.29) is 10.6 Å². The molecule has 0 heterocycles. The lowest BCUT2D eigenvalue weighted by Crippen LogP contribution is -2.12. The number of aryl methyl sites for hydroxylation is 2. The highest BCUT2D eigenvalue weighted by Gasteiger charge is 2.14. The number of benzene rings is 2. The Morgan fingerprint density at radius 3 is 2.03 bits per heavy atom. The molecule has 0 aliphatic rings. The smallest absolute Gasteiger partial charge is 0.414 e. The molecule has 0 bridgehead atoms. The summed E-state index contributed by atoms with van der Waals surface area (Å²) < 4.78 is 28.5. The van der Waals surface area contributed by atoms with E-state index >= 15 is 0 Å². The summed E-state index contributed by atoms with van der Waals surface area (Å²) >= 11 is 0. The van der Waals surface area contributed by atoms with Crippen molar-refractivity contribution in [3.63, 3.8) is 0 Å². The van der Waals surface area contributed by atoms with Crippen molar-refractivity contribution in [3.05, 3.63) is 41.5 Å². The van der Waals surface area contributed by atoms with Gasteiger partial charge >= 0.3 is 11.9 Å². The van der Waals surface area contributed by atoms with Gasteiger partial charge in [0.05, 0.1) is 18.5 Å². The van der Waals surface area contributed by atoms with Crippen LogP contribution in [0.4, 0.5) is 17.1 Å². The van der Waals surface area contributed by atoms with Crippen molar-refractivity contribution in [2.75, 3.05) is 12.8 Å². The monoisotopic (exact) mass is 424 g/mol. The number of hydrogen-bond acceptors (Lipinski definition) is 8. The first-order chi connectivity index (χ1) is 13.4. The average Bonchev–Trinajstić information content (AvgIpc) is 2.61. The maximum atomic E-state index is 11.7. The number of azo groups is 1. The largest absolute Gasteiger partial charge is 0.495 e. The summed E-state index contributed by atoms with van der Waals surface area (Å²) in [6.07, 6.45) is 0. The number of rotatable bonds is 4. The van der Waals surface area contributed by atoms with Crippen LogP contribution >= 0.6 is 0 Å². The van der Waals surface area contributed by atoms with Crippen LogP contribution in [0.3, 0.4) is 0 Å². The minimum Gasteiger partial charge on any atom is -0.495 e. The van der Waals surface area contributed by atoms with Crippen LogP contribution in [0.1, 0.15) is 11.1 Å². The van der Waals surface area contributed by atoms with Gasteiger partial charge in [0.25, 0.3) is 0 Å². The first-order valence-corrected chi connectivity index (χ1v) is 9.37. The Hall–Kier alpha value is -3.51. The number of hydrogen-bond donors (Lipinski definition) is 4. The van der Waals surface area contributed by atoms with Crippen molar-refractivity contribution in [1.82, 2.24) is 0 Å². The SMILES string of the molecule is COc1cc(N=Nc2ccc(C)cc2S(N)(=O)=O)c(C)cc1N.O=C(O)C(=O)O.